The summed E-state index contributed by atoms with van der Waals surface area (Å²) in [6, 6.07) is 0. The van der Waals surface area contributed by atoms with E-state index in [-0.39, 0.29) is 38.6 Å². The van der Waals surface area contributed by atoms with E-state index in [9.17, 15) is 19.0 Å². The fourth-order valence-electron chi connectivity index (χ4n) is 8.88. The monoisotopic (exact) mass is 1120 g/mol. The maximum Gasteiger partial charge on any atom is 0.472 e. The van der Waals surface area contributed by atoms with E-state index in [0.717, 1.165) is 96.3 Å². The molecule has 0 aromatic carbocycles. The number of hydrogen-bond acceptors (Lipinski definition) is 8. The largest absolute Gasteiger partial charge is 0.472 e. The number of phosphoric ester groups is 1. The summed E-state index contributed by atoms with van der Waals surface area (Å²) in [6.45, 7) is 3.63. The summed E-state index contributed by atoms with van der Waals surface area (Å²) in [5.74, 6) is -0.832. The molecule has 0 radical (unpaired) electrons. The van der Waals surface area contributed by atoms with Crippen LogP contribution in [-0.4, -0.2) is 49.3 Å². The van der Waals surface area contributed by atoms with Gasteiger partial charge in [-0.05, 0) is 103 Å². The molecule has 0 spiro atoms. The van der Waals surface area contributed by atoms with Crippen LogP contribution < -0.4 is 5.73 Å². The Labute approximate surface area is 486 Å². The van der Waals surface area contributed by atoms with Crippen LogP contribution in [0.3, 0.4) is 0 Å². The molecule has 79 heavy (non-hydrogen) atoms. The third kappa shape index (κ3) is 63.7. The maximum atomic E-state index is 12.7. The summed E-state index contributed by atoms with van der Waals surface area (Å²) in [7, 11) is -4.40. The highest BCUT2D eigenvalue weighted by molar-refractivity contribution is 7.47. The molecule has 2 unspecified atom stereocenters. The van der Waals surface area contributed by atoms with Gasteiger partial charge in [-0.2, -0.15) is 0 Å². The lowest BCUT2D eigenvalue weighted by molar-refractivity contribution is -0.161. The fourth-order valence-corrected chi connectivity index (χ4v) is 9.65. The zero-order valence-electron chi connectivity index (χ0n) is 50.8. The van der Waals surface area contributed by atoms with Gasteiger partial charge in [-0.25, -0.2) is 4.57 Å². The first-order valence-corrected chi connectivity index (χ1v) is 33.9. The molecule has 10 heteroatoms. The third-order valence-corrected chi connectivity index (χ3v) is 14.6. The highest BCUT2D eigenvalue weighted by Gasteiger charge is 2.26. The lowest BCUT2D eigenvalue weighted by Crippen LogP contribution is -2.29. The van der Waals surface area contributed by atoms with E-state index < -0.39 is 26.5 Å². The second-order valence-electron chi connectivity index (χ2n) is 21.2. The number of carbonyl (C=O) groups is 2. The quantitative estimate of drug-likeness (QED) is 0.0264. The summed E-state index contributed by atoms with van der Waals surface area (Å²) >= 11 is 0. The first kappa shape index (κ1) is 75.7. The van der Waals surface area contributed by atoms with Gasteiger partial charge in [0.15, 0.2) is 6.10 Å². The Kier molecular flexibility index (Phi) is 61.2. The molecular formula is C69H120NO8P. The average molecular weight is 1120 g/mol. The topological polar surface area (TPSA) is 134 Å². The van der Waals surface area contributed by atoms with Crippen LogP contribution in [0.5, 0.6) is 0 Å². The molecule has 0 aliphatic rings. The Bertz CT molecular complexity index is 1660. The number of nitrogens with two attached hydrogens (primary N) is 1. The van der Waals surface area contributed by atoms with Gasteiger partial charge < -0.3 is 20.1 Å². The molecule has 0 aliphatic heterocycles. The van der Waals surface area contributed by atoms with Crippen LogP contribution in [0.1, 0.15) is 284 Å². The first-order chi connectivity index (χ1) is 38.8. The van der Waals surface area contributed by atoms with Crippen LogP contribution in [0.25, 0.3) is 0 Å². The van der Waals surface area contributed by atoms with E-state index in [0.29, 0.717) is 6.42 Å². The highest BCUT2D eigenvalue weighted by Crippen LogP contribution is 2.43. The van der Waals surface area contributed by atoms with Gasteiger partial charge in [0, 0.05) is 19.4 Å². The van der Waals surface area contributed by atoms with Gasteiger partial charge in [-0.1, -0.05) is 277 Å². The van der Waals surface area contributed by atoms with Crippen LogP contribution in [0, 0.1) is 0 Å². The van der Waals surface area contributed by atoms with Crippen molar-refractivity contribution in [1.29, 1.82) is 0 Å². The minimum absolute atomic E-state index is 0.0482. The molecule has 3 N–H and O–H groups in total. The molecule has 0 amide bonds. The van der Waals surface area contributed by atoms with Crippen LogP contribution in [-0.2, 0) is 32.7 Å². The predicted molar refractivity (Wildman–Crippen MR) is 339 cm³/mol. The van der Waals surface area contributed by atoms with Crippen LogP contribution >= 0.6 is 7.82 Å². The van der Waals surface area contributed by atoms with Crippen molar-refractivity contribution in [2.45, 2.75) is 290 Å². The number of phosphoric acid groups is 1. The minimum Gasteiger partial charge on any atom is -0.462 e. The Morgan fingerprint density at radius 2 is 0.696 bits per heavy atom. The maximum absolute atomic E-state index is 12.7. The number of hydrogen-bond donors (Lipinski definition) is 2. The van der Waals surface area contributed by atoms with Gasteiger partial charge in [-0.15, -0.1) is 0 Å². The number of rotatable bonds is 60. The summed E-state index contributed by atoms with van der Waals surface area (Å²) in [6.07, 6.45) is 87.2. The smallest absolute Gasteiger partial charge is 0.462 e. The number of carbonyl (C=O) groups excluding carboxylic acids is 2. The predicted octanol–water partition coefficient (Wildman–Crippen LogP) is 21.0. The second kappa shape index (κ2) is 63.8. The Balaban J connectivity index is 3.95. The normalized spacial score (nSPS) is 13.7. The van der Waals surface area contributed by atoms with Gasteiger partial charge in [0.05, 0.1) is 13.2 Å². The van der Waals surface area contributed by atoms with Crippen LogP contribution in [0.15, 0.2) is 109 Å². The van der Waals surface area contributed by atoms with E-state index in [4.69, 9.17) is 24.3 Å². The lowest BCUT2D eigenvalue weighted by atomic mass is 10.0. The molecule has 454 valence electrons. The molecule has 0 saturated carbocycles. The molecule has 0 aromatic heterocycles. The first-order valence-electron chi connectivity index (χ1n) is 32.4. The second-order valence-corrected chi connectivity index (χ2v) is 22.7. The Hall–Kier alpha value is -3.33. The van der Waals surface area contributed by atoms with Crippen molar-refractivity contribution in [2.75, 3.05) is 26.4 Å². The van der Waals surface area contributed by atoms with Crippen molar-refractivity contribution in [3.8, 4) is 0 Å². The Morgan fingerprint density at radius 3 is 1.04 bits per heavy atom. The molecule has 9 nitrogen and oxygen atoms in total. The van der Waals surface area contributed by atoms with Crippen molar-refractivity contribution in [2.24, 2.45) is 5.73 Å². The number of unbranched alkanes of at least 4 members (excludes halogenated alkanes) is 29. The van der Waals surface area contributed by atoms with Crippen molar-refractivity contribution in [3.63, 3.8) is 0 Å². The molecule has 0 saturated heterocycles. The van der Waals surface area contributed by atoms with E-state index in [1.165, 1.54) is 154 Å². The third-order valence-electron chi connectivity index (χ3n) is 13.6. The molecule has 0 aliphatic carbocycles. The van der Waals surface area contributed by atoms with Crippen molar-refractivity contribution in [3.05, 3.63) is 109 Å². The molecule has 0 aromatic rings. The molecule has 0 rings (SSSR count). The SMILES string of the molecule is CC/C=C\C/C=C\C/C=C\C/C=C\C/C=C\C/C=C\CCCCCCCCCCCCC(=O)OC(COC(=O)CCCCCCCCCCCCCCCC/C=C\C/C=C\C/C=C\CCCCCCC)COP(=O)(O)OCCN. The fraction of sp³-hybridized carbons (Fsp3) is 0.710. The van der Waals surface area contributed by atoms with Crippen molar-refractivity contribution in [1.82, 2.24) is 0 Å². The van der Waals surface area contributed by atoms with Crippen molar-refractivity contribution < 1.29 is 37.6 Å². The zero-order valence-corrected chi connectivity index (χ0v) is 51.7. The molecule has 0 heterocycles. The molecule has 0 fully saturated rings. The zero-order chi connectivity index (χ0) is 57.3. The van der Waals surface area contributed by atoms with E-state index >= 15 is 0 Å². The lowest BCUT2D eigenvalue weighted by Gasteiger charge is -2.19. The van der Waals surface area contributed by atoms with E-state index in [2.05, 4.69) is 123 Å². The summed E-state index contributed by atoms with van der Waals surface area (Å²) in [4.78, 5) is 35.3. The number of ether oxygens (including phenoxy) is 2. The highest BCUT2D eigenvalue weighted by atomic mass is 31.2. The minimum atomic E-state index is -4.40. The standard InChI is InChI=1S/C69H120NO8P/c1-3-5-7-9-11-13-15-17-19-21-23-25-27-29-31-33-35-37-39-41-43-45-47-49-51-53-55-57-59-61-68(71)75-65-67(66-77-79(73,74)76-64-63-70)78-69(72)62-60-58-56-54-52-50-48-46-44-42-40-38-36-34-32-30-28-26-24-22-20-18-16-14-12-10-8-6-4-2/h6,8,12,14-15,17-18,20-21,23-24,26-27,29-30,32,36,38,67H,3-5,7,9-11,13,16,19,22,25,28,31,33-35,37,39-66,70H2,1-2H3,(H,73,74)/b8-6-,14-12-,17-15-,20-18-,23-21-,26-24-,29-27-,32-30-,38-36-. The van der Waals surface area contributed by atoms with Gasteiger partial charge in [0.2, 0.25) is 0 Å². The van der Waals surface area contributed by atoms with Gasteiger partial charge in [0.1, 0.15) is 6.61 Å². The van der Waals surface area contributed by atoms with E-state index in [1.807, 2.05) is 0 Å². The molecule has 2 atom stereocenters. The summed E-state index contributed by atoms with van der Waals surface area (Å²) in [5, 5.41) is 0. The number of allylic oxidation sites excluding steroid dienone is 18. The molecule has 0 bridgehead atoms. The van der Waals surface area contributed by atoms with E-state index in [1.54, 1.807) is 0 Å². The van der Waals surface area contributed by atoms with Gasteiger partial charge in [-0.3, -0.25) is 18.6 Å². The Morgan fingerprint density at radius 1 is 0.392 bits per heavy atom. The van der Waals surface area contributed by atoms with Gasteiger partial charge >= 0.3 is 19.8 Å². The summed E-state index contributed by atoms with van der Waals surface area (Å²) < 4.78 is 33.1. The number of esters is 2. The van der Waals surface area contributed by atoms with Gasteiger partial charge in [0.25, 0.3) is 0 Å². The molecular weight excluding hydrogens is 1000 g/mol. The van der Waals surface area contributed by atoms with Crippen LogP contribution in [0.4, 0.5) is 0 Å². The van der Waals surface area contributed by atoms with Crippen LogP contribution in [0.2, 0.25) is 0 Å². The summed E-state index contributed by atoms with van der Waals surface area (Å²) in [5.41, 5.74) is 5.39. The average Bonchev–Trinajstić information content (AvgIpc) is 3.44. The van der Waals surface area contributed by atoms with Crippen molar-refractivity contribution >= 4 is 19.8 Å².